The number of benzene rings is 3. The molecule has 0 bridgehead atoms. The van der Waals surface area contributed by atoms with E-state index in [1.165, 1.54) is 39.1 Å². The van der Waals surface area contributed by atoms with E-state index in [-0.39, 0.29) is 51.1 Å². The number of carbonyl (C=O) groups is 3. The van der Waals surface area contributed by atoms with Crippen molar-refractivity contribution in [1.29, 1.82) is 0 Å². The van der Waals surface area contributed by atoms with Gasteiger partial charge in [-0.2, -0.15) is 0 Å². The van der Waals surface area contributed by atoms with Crippen molar-refractivity contribution in [2.24, 2.45) is 51.2 Å². The topological polar surface area (TPSA) is 150 Å². The first kappa shape index (κ1) is 45.2. The van der Waals surface area contributed by atoms with Crippen molar-refractivity contribution >= 4 is 29.5 Å². The number of thioether (sulfide) groups is 1. The summed E-state index contributed by atoms with van der Waals surface area (Å²) in [5.41, 5.74) is 23.9. The molecule has 7 N–H and O–H groups in total. The van der Waals surface area contributed by atoms with Gasteiger partial charge >= 0.3 is 0 Å². The molecule has 0 aliphatic heterocycles. The lowest BCUT2D eigenvalue weighted by molar-refractivity contribution is -0.136. The predicted molar refractivity (Wildman–Crippen MR) is 244 cm³/mol. The molecule has 330 valence electrons. The minimum atomic E-state index is -0.431. The van der Waals surface area contributed by atoms with Gasteiger partial charge < -0.3 is 22.3 Å². The van der Waals surface area contributed by atoms with Crippen molar-refractivity contribution in [1.82, 2.24) is 0 Å². The van der Waals surface area contributed by atoms with Gasteiger partial charge in [-0.1, -0.05) is 79.0 Å². The Labute approximate surface area is 368 Å². The van der Waals surface area contributed by atoms with Crippen molar-refractivity contribution in [2.45, 2.75) is 159 Å². The normalized spacial score (nSPS) is 35.6. The molecule has 0 heterocycles. The van der Waals surface area contributed by atoms with Crippen LogP contribution in [0.2, 0.25) is 0 Å². The van der Waals surface area contributed by atoms with Crippen LogP contribution in [0.4, 0.5) is 4.39 Å². The van der Waals surface area contributed by atoms with E-state index in [0.29, 0.717) is 17.6 Å². The summed E-state index contributed by atoms with van der Waals surface area (Å²) in [6.45, 7) is 13.0. The first-order valence-electron chi connectivity index (χ1n) is 22.9. The maximum absolute atomic E-state index is 13.4. The number of nitrogens with two attached hydrogens (primary N) is 3. The smallest absolute Gasteiger partial charge is 0.223 e. The molecule has 0 spiro atoms. The highest BCUT2D eigenvalue weighted by Gasteiger charge is 2.57. The van der Waals surface area contributed by atoms with E-state index < -0.39 is 10.8 Å². The fraction of sp³-hybridized carbons (Fsp3) is 0.596. The van der Waals surface area contributed by atoms with E-state index >= 15 is 0 Å². The summed E-state index contributed by atoms with van der Waals surface area (Å²) in [4.78, 5) is 37.5. The molecule has 0 radical (unpaired) electrons. The highest BCUT2D eigenvalue weighted by atomic mass is 32.2. The predicted octanol–water partition coefficient (Wildman–Crippen LogP) is 10.1. The number of primary amides is 3. The molecular weight excluding hydrogens is 782 g/mol. The van der Waals surface area contributed by atoms with Crippen molar-refractivity contribution < 1.29 is 23.9 Å². The van der Waals surface area contributed by atoms with Crippen LogP contribution in [0.15, 0.2) is 59.5 Å². The molecule has 3 aromatic carbocycles. The summed E-state index contributed by atoms with van der Waals surface area (Å²) in [6.07, 6.45) is 17.1. The number of hydrogen-bond acceptors (Lipinski definition) is 5. The number of phenolic OH excluding ortho intramolecular Hbond substituents is 1. The van der Waals surface area contributed by atoms with Crippen molar-refractivity contribution in [3.8, 4) is 5.75 Å². The number of phenols is 1. The Kier molecular flexibility index (Phi) is 12.1. The average molecular weight is 852 g/mol. The van der Waals surface area contributed by atoms with Gasteiger partial charge in [0.25, 0.3) is 0 Å². The van der Waals surface area contributed by atoms with E-state index in [0.717, 1.165) is 95.5 Å². The molecule has 9 heteroatoms. The molecular formula is C52H70FN3O4S. The van der Waals surface area contributed by atoms with Crippen LogP contribution in [0.1, 0.15) is 152 Å². The number of amides is 3. The molecule has 3 saturated carbocycles. The number of fused-ring (bicyclic) bond motifs is 9. The standard InChI is InChI=1S/C18H25NOS.C17H22FNO.C17H23NO2/c1-17-9-4-10-18(2,16(19)20)15(17)8-5-12-11-13(21-3)6-7-14(12)17;1-16-8-3-9-17(2,15(19)20)14(16)7-4-11-10-12(18)5-6-13(11)16;1-16-8-3-9-17(2,15(18)20)14(16)7-4-11-10-12(19)5-6-13(11)16/h6-7,11,15H,4-5,8-10H2,1-3H3,(H2,19,20);5-6,10,14H,3-4,7-9H2,1-2H3,(H2,19,20);5-6,10,14,19H,3-4,7-9H2,1-2H3,(H2,18,20). The number of rotatable bonds is 4. The largest absolute Gasteiger partial charge is 0.508 e. The third-order valence-electron chi connectivity index (χ3n) is 17.9. The zero-order valence-corrected chi connectivity index (χ0v) is 38.5. The van der Waals surface area contributed by atoms with E-state index in [1.54, 1.807) is 30.0 Å². The summed E-state index contributed by atoms with van der Waals surface area (Å²) in [6, 6.07) is 17.7. The molecule has 3 aromatic rings. The molecule has 6 aliphatic carbocycles. The molecule has 0 aromatic heterocycles. The highest BCUT2D eigenvalue weighted by Crippen LogP contribution is 2.60. The third-order valence-corrected chi connectivity index (χ3v) is 18.6. The quantitative estimate of drug-likeness (QED) is 0.193. The fourth-order valence-electron chi connectivity index (χ4n) is 14.4. The Morgan fingerprint density at radius 1 is 0.557 bits per heavy atom. The summed E-state index contributed by atoms with van der Waals surface area (Å²) in [5, 5.41) is 9.69. The summed E-state index contributed by atoms with van der Waals surface area (Å²) in [7, 11) is 0. The maximum Gasteiger partial charge on any atom is 0.223 e. The molecule has 61 heavy (non-hydrogen) atoms. The van der Waals surface area contributed by atoms with Gasteiger partial charge in [0, 0.05) is 21.1 Å². The minimum Gasteiger partial charge on any atom is -0.508 e. The highest BCUT2D eigenvalue weighted by molar-refractivity contribution is 7.98. The van der Waals surface area contributed by atoms with Gasteiger partial charge in [0.2, 0.25) is 17.7 Å². The minimum absolute atomic E-state index is 0.00329. The Morgan fingerprint density at radius 2 is 0.918 bits per heavy atom. The van der Waals surface area contributed by atoms with Crippen LogP contribution in [0, 0.1) is 39.8 Å². The third kappa shape index (κ3) is 7.50. The number of aryl methyl sites for hydroxylation is 3. The Balaban J connectivity index is 0.000000138. The van der Waals surface area contributed by atoms with E-state index in [4.69, 9.17) is 17.2 Å². The maximum atomic E-state index is 13.4. The Morgan fingerprint density at radius 3 is 1.31 bits per heavy atom. The van der Waals surface area contributed by atoms with E-state index in [2.05, 4.69) is 52.1 Å². The van der Waals surface area contributed by atoms with Gasteiger partial charge in [0.05, 0.1) is 0 Å². The van der Waals surface area contributed by atoms with Gasteiger partial charge in [-0.15, -0.1) is 11.8 Å². The lowest BCUT2D eigenvalue weighted by Crippen LogP contribution is -2.54. The fourth-order valence-corrected chi connectivity index (χ4v) is 14.9. The number of halogens is 1. The van der Waals surface area contributed by atoms with Gasteiger partial charge in [0.1, 0.15) is 11.6 Å². The molecule has 0 saturated heterocycles. The van der Waals surface area contributed by atoms with Crippen molar-refractivity contribution in [3.63, 3.8) is 0 Å². The van der Waals surface area contributed by atoms with E-state index in [9.17, 15) is 23.9 Å². The van der Waals surface area contributed by atoms with Crippen molar-refractivity contribution in [3.05, 3.63) is 93.8 Å². The van der Waals surface area contributed by atoms with Crippen LogP contribution < -0.4 is 17.2 Å². The first-order valence-corrected chi connectivity index (χ1v) is 24.1. The number of hydrogen-bond donors (Lipinski definition) is 4. The molecule has 3 fully saturated rings. The molecule has 9 unspecified atom stereocenters. The summed E-state index contributed by atoms with van der Waals surface area (Å²) < 4.78 is 13.4. The Hall–Kier alpha value is -3.85. The second-order valence-corrected chi connectivity index (χ2v) is 22.0. The van der Waals surface area contributed by atoms with Gasteiger partial charge in [-0.25, -0.2) is 4.39 Å². The van der Waals surface area contributed by atoms with Crippen molar-refractivity contribution in [2.75, 3.05) is 6.26 Å². The zero-order chi connectivity index (χ0) is 44.3. The lowest BCUT2D eigenvalue weighted by Gasteiger charge is -2.54. The average Bonchev–Trinajstić information content (AvgIpc) is 3.20. The molecule has 7 nitrogen and oxygen atoms in total. The van der Waals surface area contributed by atoms with Crippen LogP contribution in [0.3, 0.4) is 0 Å². The second-order valence-electron chi connectivity index (χ2n) is 21.1. The first-order chi connectivity index (χ1) is 28.7. The zero-order valence-electron chi connectivity index (χ0n) is 37.7. The summed E-state index contributed by atoms with van der Waals surface area (Å²) in [5.74, 6) is 0.664. The Bertz CT molecular complexity index is 2110. The van der Waals surface area contributed by atoms with E-state index in [1.807, 2.05) is 32.0 Å². The summed E-state index contributed by atoms with van der Waals surface area (Å²) >= 11 is 1.80. The molecule has 9 atom stereocenters. The van der Waals surface area contributed by atoms with Gasteiger partial charge in [-0.05, 0) is 187 Å². The monoisotopic (exact) mass is 852 g/mol. The molecule has 9 rings (SSSR count). The van der Waals surface area contributed by atoms with Crippen LogP contribution >= 0.6 is 11.8 Å². The number of carbonyl (C=O) groups excluding carboxylic acids is 3. The number of aromatic hydroxyl groups is 1. The molecule has 6 aliphatic rings. The lowest BCUT2D eigenvalue weighted by atomic mass is 9.49. The van der Waals surface area contributed by atoms with Crippen LogP contribution in [-0.4, -0.2) is 29.1 Å². The molecule has 3 amide bonds. The van der Waals surface area contributed by atoms with Crippen LogP contribution in [-0.2, 0) is 49.9 Å². The van der Waals surface area contributed by atoms with Gasteiger partial charge in [-0.3, -0.25) is 14.4 Å². The van der Waals surface area contributed by atoms with Gasteiger partial charge in [0.15, 0.2) is 0 Å². The second kappa shape index (κ2) is 16.4. The van der Waals surface area contributed by atoms with Crippen LogP contribution in [0.25, 0.3) is 0 Å². The van der Waals surface area contributed by atoms with Crippen LogP contribution in [0.5, 0.6) is 5.75 Å². The SMILES string of the molecule is CC1(C(N)=O)CCCC2(C)c3ccc(F)cc3CCC12.CC1(C(N)=O)CCCC2(C)c3ccc(O)cc3CCC12.CSc1ccc2c(c1)CCC1C(C)(C(N)=O)CCCC21C.